The fourth-order valence-electron chi connectivity index (χ4n) is 0.734. The molecule has 1 heterocycles. The van der Waals surface area contributed by atoms with E-state index in [1.54, 1.807) is 0 Å². The summed E-state index contributed by atoms with van der Waals surface area (Å²) in [4.78, 5) is 11.7. The van der Waals surface area contributed by atoms with Crippen molar-refractivity contribution in [2.45, 2.75) is 20.3 Å². The fraction of sp³-hybridized carbons (Fsp3) is 0.571. The first-order chi connectivity index (χ1) is 4.79. The Morgan fingerprint density at radius 3 is 2.40 bits per heavy atom. The molecular formula is C7H11N3. The van der Waals surface area contributed by atoms with Crippen LogP contribution in [0.25, 0.3) is 0 Å². The average Bonchev–Trinajstić information content (AvgIpc) is 1.88. The lowest BCUT2D eigenvalue weighted by molar-refractivity contribution is 0.617. The third-order valence-corrected chi connectivity index (χ3v) is 1.14. The van der Waals surface area contributed by atoms with Gasteiger partial charge in [0.1, 0.15) is 18.5 Å². The molecule has 0 unspecified atom stereocenters. The molecule has 54 valence electrons. The molecule has 1 rings (SSSR count). The third kappa shape index (κ3) is 2.09. The minimum Gasteiger partial charge on any atom is -0.225 e. The van der Waals surface area contributed by atoms with Gasteiger partial charge in [0.25, 0.3) is 0 Å². The van der Waals surface area contributed by atoms with Crippen LogP contribution in [0.15, 0.2) is 12.7 Å². The number of hydrogen-bond donors (Lipinski definition) is 0. The molecule has 10 heavy (non-hydrogen) atoms. The molecule has 3 heteroatoms. The second-order valence-corrected chi connectivity index (χ2v) is 2.65. The lowest BCUT2D eigenvalue weighted by Crippen LogP contribution is -1.99. The highest BCUT2D eigenvalue weighted by Crippen LogP contribution is 1.99. The van der Waals surface area contributed by atoms with Gasteiger partial charge in [0, 0.05) is 6.42 Å². The monoisotopic (exact) mass is 137 g/mol. The highest BCUT2D eigenvalue weighted by Gasteiger charge is 1.97. The summed E-state index contributed by atoms with van der Waals surface area (Å²) in [6.45, 7) is 4.29. The van der Waals surface area contributed by atoms with Crippen LogP contribution in [0.3, 0.4) is 0 Å². The maximum atomic E-state index is 4.00. The van der Waals surface area contributed by atoms with Crippen LogP contribution < -0.4 is 0 Å². The van der Waals surface area contributed by atoms with E-state index in [1.807, 2.05) is 0 Å². The van der Waals surface area contributed by atoms with Crippen LogP contribution in [0.2, 0.25) is 0 Å². The standard InChI is InChI=1S/C7H11N3/c1-6(2)3-7-9-4-8-5-10-7/h4-6H,3H2,1-2H3. The van der Waals surface area contributed by atoms with Gasteiger partial charge in [-0.05, 0) is 5.92 Å². The normalized spacial score (nSPS) is 10.3. The molecule has 0 aliphatic carbocycles. The van der Waals surface area contributed by atoms with E-state index in [0.717, 1.165) is 12.2 Å². The zero-order valence-electron chi connectivity index (χ0n) is 6.28. The molecule has 0 fully saturated rings. The third-order valence-electron chi connectivity index (χ3n) is 1.14. The molecule has 0 atom stereocenters. The molecule has 0 spiro atoms. The molecule has 1 aromatic heterocycles. The molecule has 1 aromatic rings. The highest BCUT2D eigenvalue weighted by atomic mass is 15.0. The van der Waals surface area contributed by atoms with E-state index >= 15 is 0 Å². The SMILES string of the molecule is CC(C)Cc1ncncn1. The van der Waals surface area contributed by atoms with Crippen LogP contribution in [0.5, 0.6) is 0 Å². The van der Waals surface area contributed by atoms with Crippen LogP contribution in [-0.2, 0) is 6.42 Å². The molecular weight excluding hydrogens is 126 g/mol. The summed E-state index contributed by atoms with van der Waals surface area (Å²) in [5.74, 6) is 1.49. The largest absolute Gasteiger partial charge is 0.225 e. The van der Waals surface area contributed by atoms with Gasteiger partial charge in [-0.15, -0.1) is 0 Å². The van der Waals surface area contributed by atoms with Crippen molar-refractivity contribution in [3.8, 4) is 0 Å². The minimum absolute atomic E-state index is 0.613. The fourth-order valence-corrected chi connectivity index (χ4v) is 0.734. The predicted octanol–water partition coefficient (Wildman–Crippen LogP) is 1.07. The first-order valence-corrected chi connectivity index (χ1v) is 3.40. The summed E-state index contributed by atoms with van der Waals surface area (Å²) < 4.78 is 0. The summed E-state index contributed by atoms with van der Waals surface area (Å²) in [6, 6.07) is 0. The zero-order valence-corrected chi connectivity index (χ0v) is 6.28. The molecule has 0 amide bonds. The summed E-state index contributed by atoms with van der Waals surface area (Å²) in [5, 5.41) is 0. The summed E-state index contributed by atoms with van der Waals surface area (Å²) >= 11 is 0. The van der Waals surface area contributed by atoms with Gasteiger partial charge in [0.2, 0.25) is 0 Å². The number of nitrogens with zero attached hydrogens (tertiary/aromatic N) is 3. The van der Waals surface area contributed by atoms with Crippen molar-refractivity contribution < 1.29 is 0 Å². The van der Waals surface area contributed by atoms with Gasteiger partial charge in [-0.25, -0.2) is 15.0 Å². The lowest BCUT2D eigenvalue weighted by atomic mass is 10.1. The average molecular weight is 137 g/mol. The molecule has 0 saturated heterocycles. The highest BCUT2D eigenvalue weighted by molar-refractivity contribution is 4.82. The van der Waals surface area contributed by atoms with E-state index in [1.165, 1.54) is 12.7 Å². The topological polar surface area (TPSA) is 38.7 Å². The molecule has 3 nitrogen and oxygen atoms in total. The first kappa shape index (κ1) is 7.12. The Hall–Kier alpha value is -0.990. The van der Waals surface area contributed by atoms with Gasteiger partial charge < -0.3 is 0 Å². The number of hydrogen-bond acceptors (Lipinski definition) is 3. The van der Waals surface area contributed by atoms with Gasteiger partial charge in [-0.3, -0.25) is 0 Å². The van der Waals surface area contributed by atoms with E-state index in [-0.39, 0.29) is 0 Å². The molecule has 0 aliphatic heterocycles. The minimum atomic E-state index is 0.613. The van der Waals surface area contributed by atoms with Crippen molar-refractivity contribution in [1.82, 2.24) is 15.0 Å². The van der Waals surface area contributed by atoms with Gasteiger partial charge in [-0.2, -0.15) is 0 Å². The van der Waals surface area contributed by atoms with E-state index in [9.17, 15) is 0 Å². The predicted molar refractivity (Wildman–Crippen MR) is 38.4 cm³/mol. The summed E-state index contributed by atoms with van der Waals surface area (Å²) in [6.07, 6.45) is 4.00. The van der Waals surface area contributed by atoms with E-state index < -0.39 is 0 Å². The van der Waals surface area contributed by atoms with E-state index in [0.29, 0.717) is 5.92 Å². The quantitative estimate of drug-likeness (QED) is 0.612. The van der Waals surface area contributed by atoms with Crippen molar-refractivity contribution in [1.29, 1.82) is 0 Å². The van der Waals surface area contributed by atoms with Crippen molar-refractivity contribution in [3.05, 3.63) is 18.5 Å². The maximum Gasteiger partial charge on any atom is 0.132 e. The Labute approximate surface area is 60.6 Å². The van der Waals surface area contributed by atoms with Crippen molar-refractivity contribution >= 4 is 0 Å². The second-order valence-electron chi connectivity index (χ2n) is 2.65. The van der Waals surface area contributed by atoms with Crippen LogP contribution >= 0.6 is 0 Å². The Morgan fingerprint density at radius 2 is 1.90 bits per heavy atom. The van der Waals surface area contributed by atoms with E-state index in [2.05, 4.69) is 28.8 Å². The lowest BCUT2D eigenvalue weighted by Gasteiger charge is -1.99. The van der Waals surface area contributed by atoms with Gasteiger partial charge in [0.05, 0.1) is 0 Å². The smallest absolute Gasteiger partial charge is 0.132 e. The zero-order chi connectivity index (χ0) is 7.40. The van der Waals surface area contributed by atoms with Gasteiger partial charge >= 0.3 is 0 Å². The van der Waals surface area contributed by atoms with Crippen LogP contribution in [0, 0.1) is 5.92 Å². The number of rotatable bonds is 2. The molecule has 0 aromatic carbocycles. The molecule has 0 saturated carbocycles. The summed E-state index contributed by atoms with van der Waals surface area (Å²) in [5.41, 5.74) is 0. The molecule has 0 aliphatic rings. The molecule has 0 N–H and O–H groups in total. The van der Waals surface area contributed by atoms with Crippen molar-refractivity contribution in [2.75, 3.05) is 0 Å². The van der Waals surface area contributed by atoms with Crippen LogP contribution in [-0.4, -0.2) is 15.0 Å². The maximum absolute atomic E-state index is 4.00. The molecule has 0 radical (unpaired) electrons. The van der Waals surface area contributed by atoms with Gasteiger partial charge in [0.15, 0.2) is 0 Å². The van der Waals surface area contributed by atoms with Crippen LogP contribution in [0.4, 0.5) is 0 Å². The second kappa shape index (κ2) is 3.25. The Morgan fingerprint density at radius 1 is 1.30 bits per heavy atom. The van der Waals surface area contributed by atoms with Crippen molar-refractivity contribution in [2.24, 2.45) is 5.92 Å². The Kier molecular flexibility index (Phi) is 2.31. The number of aromatic nitrogens is 3. The Bertz CT molecular complexity index is 183. The molecule has 0 bridgehead atoms. The van der Waals surface area contributed by atoms with E-state index in [4.69, 9.17) is 0 Å². The van der Waals surface area contributed by atoms with Gasteiger partial charge in [-0.1, -0.05) is 13.8 Å². The van der Waals surface area contributed by atoms with Crippen LogP contribution in [0.1, 0.15) is 19.7 Å². The Balaban J connectivity index is 2.59. The first-order valence-electron chi connectivity index (χ1n) is 3.40. The summed E-state index contributed by atoms with van der Waals surface area (Å²) in [7, 11) is 0. The van der Waals surface area contributed by atoms with Crippen molar-refractivity contribution in [3.63, 3.8) is 0 Å².